The van der Waals surface area contributed by atoms with E-state index in [2.05, 4.69) is 5.32 Å². The molecule has 14 heteroatoms. The number of fused-ring (bicyclic) bond motifs is 1. The van der Waals surface area contributed by atoms with Crippen molar-refractivity contribution in [3.05, 3.63) is 42.0 Å². The standard InChI is InChI=1S/C20H25N3O9P2/c1-3-23-16-9-17(25)15(22-18(26)10-21-20(33(27,28)29)34(30,31)32)8-14(16)11(2)19(23)12-4-6-13(24)7-5-12/h4-9,20-21,24-25H,3,10H2,1-2H3,(H,22,26)(H2,27,28,29)(H2,30,31,32). The highest BCUT2D eigenvalue weighted by Crippen LogP contribution is 2.58. The number of aryl methyl sites for hydroxylation is 2. The van der Waals surface area contributed by atoms with Gasteiger partial charge in [0, 0.05) is 18.0 Å². The lowest BCUT2D eigenvalue weighted by Crippen LogP contribution is -2.36. The van der Waals surface area contributed by atoms with Gasteiger partial charge in [0.1, 0.15) is 11.5 Å². The number of hydrogen-bond donors (Lipinski definition) is 8. The minimum atomic E-state index is -5.25. The molecule has 3 aromatic rings. The van der Waals surface area contributed by atoms with Crippen LogP contribution in [0.4, 0.5) is 5.69 Å². The first-order valence-corrected chi connectivity index (χ1v) is 13.4. The van der Waals surface area contributed by atoms with Crippen molar-refractivity contribution >= 4 is 37.7 Å². The van der Waals surface area contributed by atoms with Gasteiger partial charge in [0.15, 0.2) is 0 Å². The molecule has 1 aromatic heterocycles. The molecule has 0 bridgehead atoms. The molecule has 0 aliphatic heterocycles. The van der Waals surface area contributed by atoms with Crippen molar-refractivity contribution in [1.82, 2.24) is 9.88 Å². The Balaban J connectivity index is 1.92. The van der Waals surface area contributed by atoms with Crippen LogP contribution < -0.4 is 10.6 Å². The van der Waals surface area contributed by atoms with Crippen molar-refractivity contribution in [3.8, 4) is 22.8 Å². The van der Waals surface area contributed by atoms with Crippen LogP contribution in [0.25, 0.3) is 22.2 Å². The molecular formula is C20H25N3O9P2. The number of phenolic OH excluding ortho intramolecular Hbond substituents is 2. The number of anilines is 1. The van der Waals surface area contributed by atoms with E-state index in [-0.39, 0.29) is 17.2 Å². The third-order valence-corrected chi connectivity index (χ3v) is 8.69. The van der Waals surface area contributed by atoms with E-state index >= 15 is 0 Å². The molecule has 0 saturated heterocycles. The Labute approximate surface area is 194 Å². The van der Waals surface area contributed by atoms with E-state index < -0.39 is 33.2 Å². The molecule has 2 aromatic carbocycles. The molecule has 3 rings (SSSR count). The second-order valence-electron chi connectivity index (χ2n) is 7.63. The molecule has 34 heavy (non-hydrogen) atoms. The predicted octanol–water partition coefficient (Wildman–Crippen LogP) is 2.21. The maximum absolute atomic E-state index is 12.3. The monoisotopic (exact) mass is 513 g/mol. The number of benzene rings is 2. The summed E-state index contributed by atoms with van der Waals surface area (Å²) in [5.41, 5.74) is 0.711. The van der Waals surface area contributed by atoms with Gasteiger partial charge in [0.2, 0.25) is 11.4 Å². The zero-order valence-electron chi connectivity index (χ0n) is 18.2. The molecule has 0 saturated carbocycles. The number of hydrogen-bond acceptors (Lipinski definition) is 6. The smallest absolute Gasteiger partial charge is 0.354 e. The van der Waals surface area contributed by atoms with Crippen LogP contribution >= 0.6 is 15.2 Å². The quantitative estimate of drug-likeness (QED) is 0.163. The van der Waals surface area contributed by atoms with E-state index in [0.29, 0.717) is 17.4 Å². The molecular weight excluding hydrogens is 488 g/mol. The first kappa shape index (κ1) is 25.9. The van der Waals surface area contributed by atoms with Crippen LogP contribution in [0.1, 0.15) is 12.5 Å². The number of amides is 1. The molecule has 0 aliphatic rings. The van der Waals surface area contributed by atoms with E-state index in [9.17, 15) is 24.1 Å². The minimum Gasteiger partial charge on any atom is -0.508 e. The first-order valence-electron chi connectivity index (χ1n) is 10.0. The Morgan fingerprint density at radius 1 is 1.03 bits per heavy atom. The highest BCUT2D eigenvalue weighted by atomic mass is 31.2. The molecule has 0 radical (unpaired) electrons. The van der Waals surface area contributed by atoms with Gasteiger partial charge in [-0.2, -0.15) is 0 Å². The highest BCUT2D eigenvalue weighted by molar-refractivity contribution is 7.70. The molecule has 0 unspecified atom stereocenters. The SMILES string of the molecule is CCn1c(-c2ccc(O)cc2)c(C)c2cc(NC(=O)CNC(P(=O)(O)O)P(=O)(O)O)c(O)cc21. The zero-order valence-corrected chi connectivity index (χ0v) is 20.0. The molecule has 12 nitrogen and oxygen atoms in total. The van der Waals surface area contributed by atoms with Crippen LogP contribution in [0.2, 0.25) is 0 Å². The van der Waals surface area contributed by atoms with Crippen molar-refractivity contribution in [3.63, 3.8) is 0 Å². The van der Waals surface area contributed by atoms with Gasteiger partial charge in [-0.3, -0.25) is 19.2 Å². The van der Waals surface area contributed by atoms with Crippen LogP contribution in [-0.2, 0) is 20.5 Å². The molecule has 0 atom stereocenters. The highest BCUT2D eigenvalue weighted by Gasteiger charge is 2.43. The normalized spacial score (nSPS) is 12.4. The lowest BCUT2D eigenvalue weighted by molar-refractivity contribution is -0.115. The van der Waals surface area contributed by atoms with Gasteiger partial charge in [0.05, 0.1) is 23.4 Å². The summed E-state index contributed by atoms with van der Waals surface area (Å²) in [6.07, 6.45) is 0. The summed E-state index contributed by atoms with van der Waals surface area (Å²) in [5, 5.41) is 25.1. The van der Waals surface area contributed by atoms with Crippen molar-refractivity contribution in [1.29, 1.82) is 0 Å². The number of phenols is 2. The molecule has 0 aliphatic carbocycles. The van der Waals surface area contributed by atoms with E-state index in [1.807, 2.05) is 23.7 Å². The van der Waals surface area contributed by atoms with Crippen LogP contribution in [0.15, 0.2) is 36.4 Å². The Kier molecular flexibility index (Phi) is 7.26. The lowest BCUT2D eigenvalue weighted by Gasteiger charge is -2.20. The Bertz CT molecular complexity index is 1300. The predicted molar refractivity (Wildman–Crippen MR) is 126 cm³/mol. The van der Waals surface area contributed by atoms with Crippen LogP contribution in [-0.4, -0.2) is 52.3 Å². The lowest BCUT2D eigenvalue weighted by atomic mass is 10.1. The van der Waals surface area contributed by atoms with Gasteiger partial charge in [-0.15, -0.1) is 0 Å². The average Bonchev–Trinajstić information content (AvgIpc) is 2.98. The van der Waals surface area contributed by atoms with E-state index in [4.69, 9.17) is 19.6 Å². The number of nitrogens with zero attached hydrogens (tertiary/aromatic N) is 1. The Morgan fingerprint density at radius 2 is 1.62 bits per heavy atom. The van der Waals surface area contributed by atoms with Crippen LogP contribution in [0.3, 0.4) is 0 Å². The van der Waals surface area contributed by atoms with Crippen molar-refractivity contribution in [2.45, 2.75) is 25.9 Å². The number of aromatic nitrogens is 1. The van der Waals surface area contributed by atoms with Gasteiger partial charge in [-0.1, -0.05) is 0 Å². The molecule has 0 fully saturated rings. The Morgan fingerprint density at radius 3 is 2.15 bits per heavy atom. The summed E-state index contributed by atoms with van der Waals surface area (Å²) < 4.78 is 24.6. The Hall–Kier alpha value is -2.69. The molecule has 184 valence electrons. The maximum atomic E-state index is 12.3. The molecule has 1 amide bonds. The van der Waals surface area contributed by atoms with Gasteiger partial charge in [-0.25, -0.2) is 0 Å². The number of carbonyl (C=O) groups is 1. The van der Waals surface area contributed by atoms with Crippen LogP contribution in [0, 0.1) is 6.92 Å². The summed E-state index contributed by atoms with van der Waals surface area (Å²) in [6, 6.07) is 9.64. The first-order chi connectivity index (χ1) is 15.7. The minimum absolute atomic E-state index is 0.0109. The fourth-order valence-corrected chi connectivity index (χ4v) is 6.01. The zero-order chi connectivity index (χ0) is 25.4. The second kappa shape index (κ2) is 9.52. The van der Waals surface area contributed by atoms with Gasteiger partial charge in [0.25, 0.3) is 0 Å². The molecule has 0 spiro atoms. The fourth-order valence-electron chi connectivity index (χ4n) is 3.78. The third-order valence-electron chi connectivity index (χ3n) is 5.25. The van der Waals surface area contributed by atoms with Crippen LogP contribution in [0.5, 0.6) is 11.5 Å². The van der Waals surface area contributed by atoms with Crippen molar-refractivity contribution in [2.75, 3.05) is 11.9 Å². The van der Waals surface area contributed by atoms with Gasteiger partial charge in [-0.05, 0) is 55.3 Å². The van der Waals surface area contributed by atoms with Gasteiger partial charge >= 0.3 is 15.2 Å². The van der Waals surface area contributed by atoms with Crippen molar-refractivity contribution < 1.29 is 43.7 Å². The maximum Gasteiger partial charge on any atom is 0.354 e. The van der Waals surface area contributed by atoms with E-state index in [0.717, 1.165) is 16.8 Å². The van der Waals surface area contributed by atoms with Gasteiger partial charge < -0.3 is 39.7 Å². The summed E-state index contributed by atoms with van der Waals surface area (Å²) >= 11 is 0. The van der Waals surface area contributed by atoms with E-state index in [1.54, 1.807) is 24.3 Å². The molecule has 8 N–H and O–H groups in total. The summed E-state index contributed by atoms with van der Waals surface area (Å²) in [5.74, 6) is -1.03. The summed E-state index contributed by atoms with van der Waals surface area (Å²) in [4.78, 5) is 48.9. The number of carbonyl (C=O) groups excluding carboxylic acids is 1. The largest absolute Gasteiger partial charge is 0.508 e. The summed E-state index contributed by atoms with van der Waals surface area (Å²) in [6.45, 7) is 3.54. The fraction of sp³-hybridized carbons (Fsp3) is 0.250. The third kappa shape index (κ3) is 5.34. The van der Waals surface area contributed by atoms with Crippen molar-refractivity contribution in [2.24, 2.45) is 0 Å². The average molecular weight is 513 g/mol. The number of nitrogens with one attached hydrogen (secondary N) is 2. The topological polar surface area (TPSA) is 202 Å². The molecule has 1 heterocycles. The summed E-state index contributed by atoms with van der Waals surface area (Å²) in [7, 11) is -10.5. The number of aromatic hydroxyl groups is 2. The van der Waals surface area contributed by atoms with E-state index in [1.165, 1.54) is 12.1 Å². The number of rotatable bonds is 8. The second-order valence-corrected chi connectivity index (χ2v) is 11.4.